The molecule has 538 valence electrons. The molecule has 0 fully saturated rings. The molecule has 114 heavy (non-hydrogen) atoms. The molecular formula is C106H68N2S6. The Labute approximate surface area is 686 Å². The van der Waals surface area contributed by atoms with Crippen LogP contribution >= 0.6 is 68.0 Å². The Bertz CT molecular complexity index is 7330. The molecule has 21 aromatic rings. The number of aromatic nitrogens is 2. The summed E-state index contributed by atoms with van der Waals surface area (Å²) in [6.45, 7) is 13.5. The number of benzene rings is 13. The molecule has 8 heterocycles. The van der Waals surface area contributed by atoms with Gasteiger partial charge in [0.05, 0.1) is 61.6 Å². The fourth-order valence-corrected chi connectivity index (χ4v) is 22.3. The summed E-state index contributed by atoms with van der Waals surface area (Å²) in [5.74, 6) is 35.7. The van der Waals surface area contributed by atoms with E-state index in [4.69, 9.17) is 0 Å². The summed E-state index contributed by atoms with van der Waals surface area (Å²) in [6, 6.07) is 105. The van der Waals surface area contributed by atoms with Crippen molar-refractivity contribution in [1.29, 1.82) is 0 Å². The molecule has 8 aromatic heterocycles. The fraction of sp³-hybridized carbons (Fsp3) is 0.0755. The van der Waals surface area contributed by atoms with Gasteiger partial charge in [0.1, 0.15) is 0 Å². The van der Waals surface area contributed by atoms with Crippen molar-refractivity contribution in [3.8, 4) is 71.3 Å². The fourth-order valence-electron chi connectivity index (χ4n) is 15.0. The number of thiophene rings is 6. The quantitative estimate of drug-likeness (QED) is 0.134. The maximum atomic E-state index is 3.68. The molecule has 0 saturated carbocycles. The monoisotopic (exact) mass is 1560 g/mol. The van der Waals surface area contributed by atoms with Crippen LogP contribution in [0.5, 0.6) is 0 Å². The van der Waals surface area contributed by atoms with Gasteiger partial charge < -0.3 is 0 Å². The van der Waals surface area contributed by atoms with E-state index in [0.717, 1.165) is 55.6 Å². The highest BCUT2D eigenvalue weighted by Crippen LogP contribution is 2.51. The van der Waals surface area contributed by atoms with E-state index in [2.05, 4.69) is 331 Å². The largest absolute Gasteiger partial charge is 0.284 e. The van der Waals surface area contributed by atoms with Crippen LogP contribution in [0.1, 0.15) is 108 Å². The van der Waals surface area contributed by atoms with E-state index in [0.29, 0.717) is 0 Å². The van der Waals surface area contributed by atoms with Crippen LogP contribution < -0.4 is 0 Å². The average Bonchev–Trinajstić information content (AvgIpc) is 1.57. The summed E-state index contributed by atoms with van der Waals surface area (Å²) in [7, 11) is 0. The molecule has 0 aliphatic heterocycles. The lowest BCUT2D eigenvalue weighted by Crippen LogP contribution is -2.10. The number of nitrogens with zero attached hydrogens (tertiary/aromatic N) is 2. The van der Waals surface area contributed by atoms with E-state index in [-0.39, 0.29) is 10.8 Å². The van der Waals surface area contributed by atoms with Crippen molar-refractivity contribution in [3.05, 3.63) is 371 Å². The van der Waals surface area contributed by atoms with Crippen LogP contribution in [0.2, 0.25) is 0 Å². The molecule has 0 aliphatic carbocycles. The lowest BCUT2D eigenvalue weighted by atomic mass is 9.87. The van der Waals surface area contributed by atoms with Crippen molar-refractivity contribution in [2.45, 2.75) is 52.4 Å². The summed E-state index contributed by atoms with van der Waals surface area (Å²) in [4.78, 5) is 0. The Kier molecular flexibility index (Phi) is 18.8. The Morgan fingerprint density at radius 1 is 0.202 bits per heavy atom. The van der Waals surface area contributed by atoms with Crippen molar-refractivity contribution >= 4 is 189 Å². The molecule has 13 aromatic carbocycles. The second-order valence-electron chi connectivity index (χ2n) is 30.1. The zero-order valence-corrected chi connectivity index (χ0v) is 68.1. The average molecular weight is 1560 g/mol. The Hall–Kier alpha value is -12.9. The SMILES string of the molecule is C(#Cc1c2sc3ccccc3c2c(C#Cc2ccccc2)c2sc3ccccc3c12)c1ccccc1.C(#Cn1cccc1)c1c2sc3ccccc3c2c(C#Cn2cccc2)c2sc3ccccc3c12.CC(C)(C)c1ccc(C#Cc2c3sc4ccccc4c3c(C#Cc3ccc(C(C)(C)C)cc3)c3sc4ccccc4c23)cc1. The van der Waals surface area contributed by atoms with Crippen LogP contribution in [-0.2, 0) is 10.8 Å². The van der Waals surface area contributed by atoms with Gasteiger partial charge in [0, 0.05) is 152 Å². The second kappa shape index (κ2) is 30.0. The van der Waals surface area contributed by atoms with Crippen molar-refractivity contribution in [3.63, 3.8) is 0 Å². The van der Waals surface area contributed by atoms with Gasteiger partial charge in [0.2, 0.25) is 0 Å². The highest BCUT2D eigenvalue weighted by atomic mass is 32.1. The van der Waals surface area contributed by atoms with Crippen molar-refractivity contribution in [1.82, 2.24) is 9.13 Å². The molecule has 0 unspecified atom stereocenters. The first kappa shape index (κ1) is 71.4. The number of fused-ring (bicyclic) bond motifs is 18. The first-order valence-electron chi connectivity index (χ1n) is 37.9. The molecule has 0 amide bonds. The third-order valence-corrected chi connectivity index (χ3v) is 27.8. The van der Waals surface area contributed by atoms with Crippen molar-refractivity contribution in [2.75, 3.05) is 0 Å². The maximum Gasteiger partial charge on any atom is 0.0536 e. The van der Waals surface area contributed by atoms with E-state index in [1.807, 2.05) is 163 Å². The van der Waals surface area contributed by atoms with Gasteiger partial charge in [-0.25, -0.2) is 0 Å². The van der Waals surface area contributed by atoms with Gasteiger partial charge in [0.15, 0.2) is 0 Å². The summed E-state index contributed by atoms with van der Waals surface area (Å²) < 4.78 is 18.7. The molecule has 0 radical (unpaired) electrons. The van der Waals surface area contributed by atoms with E-state index in [9.17, 15) is 0 Å². The molecule has 0 atom stereocenters. The standard InChI is InChI=1S/C42H34S2.C34H18S2.C30H16N2S2/c1-41(2,3)29-21-15-27(16-22-29)19-25-33-37-31-11-7-9-13-35(31)44-40(37)34(38-32-12-8-10-14-36(32)43-39(33)38)26-20-28-17-23-30(24-18-28)42(4,5)6;1-3-11-23(12-4-1)19-21-27-31-25-15-7-9-17-29(25)36-34(31)28(22-20-24-13-5-2-6-14-24)32-26-16-8-10-18-30(26)35-33(27)32;1-3-11-25-21(9-1)27-23(13-19-31-15-5-6-16-31)30-28(22-10-2-4-12-26(22)34-30)24(29(27)33-25)14-20-32-17-7-8-18-32/h7-18,21-24H,1-6H3;1-18H;1-12,15-18H. The molecule has 0 bridgehead atoms. The smallest absolute Gasteiger partial charge is 0.0536 e. The second-order valence-corrected chi connectivity index (χ2v) is 36.4. The van der Waals surface area contributed by atoms with E-state index < -0.39 is 0 Å². The third-order valence-electron chi connectivity index (χ3n) is 20.6. The van der Waals surface area contributed by atoms with Gasteiger partial charge >= 0.3 is 0 Å². The molecular weight excluding hydrogens is 1490 g/mol. The minimum atomic E-state index is 0.114. The summed E-state index contributed by atoms with van der Waals surface area (Å²) in [5.41, 5.74) is 13.6. The summed E-state index contributed by atoms with van der Waals surface area (Å²) in [6.07, 6.45) is 7.92. The minimum Gasteiger partial charge on any atom is -0.284 e. The van der Waals surface area contributed by atoms with Gasteiger partial charge in [-0.15, -0.1) is 68.0 Å². The molecule has 0 spiro atoms. The van der Waals surface area contributed by atoms with Crippen molar-refractivity contribution in [2.24, 2.45) is 0 Å². The van der Waals surface area contributed by atoms with Gasteiger partial charge in [-0.2, -0.15) is 0 Å². The van der Waals surface area contributed by atoms with Crippen molar-refractivity contribution < 1.29 is 0 Å². The van der Waals surface area contributed by atoms with Crippen LogP contribution in [0, 0.1) is 71.3 Å². The first-order valence-corrected chi connectivity index (χ1v) is 42.8. The van der Waals surface area contributed by atoms with Crippen LogP contribution in [0.3, 0.4) is 0 Å². The maximum absolute atomic E-state index is 3.68. The normalized spacial score (nSPS) is 11.4. The Morgan fingerprint density at radius 2 is 0.404 bits per heavy atom. The summed E-state index contributed by atoms with van der Waals surface area (Å²) in [5, 5.41) is 14.7. The Balaban J connectivity index is 0.000000116. The first-order chi connectivity index (χ1) is 55.8. The highest BCUT2D eigenvalue weighted by Gasteiger charge is 2.25. The van der Waals surface area contributed by atoms with Crippen LogP contribution in [0.4, 0.5) is 0 Å². The predicted molar refractivity (Wildman–Crippen MR) is 497 cm³/mol. The Morgan fingerprint density at radius 3 is 0.632 bits per heavy atom. The number of rotatable bonds is 0. The summed E-state index contributed by atoms with van der Waals surface area (Å²) >= 11 is 10.9. The lowest BCUT2D eigenvalue weighted by Gasteiger charge is -2.18. The molecule has 2 nitrogen and oxygen atoms in total. The van der Waals surface area contributed by atoms with E-state index >= 15 is 0 Å². The molecule has 0 aliphatic rings. The van der Waals surface area contributed by atoms with Crippen LogP contribution in [0.25, 0.3) is 121 Å². The molecule has 21 rings (SSSR count). The minimum absolute atomic E-state index is 0.114. The molecule has 0 N–H and O–H groups in total. The van der Waals surface area contributed by atoms with Crippen LogP contribution in [0.15, 0.2) is 304 Å². The topological polar surface area (TPSA) is 9.86 Å². The molecule has 0 saturated heterocycles. The van der Waals surface area contributed by atoms with Crippen LogP contribution in [-0.4, -0.2) is 9.13 Å². The zero-order valence-electron chi connectivity index (χ0n) is 63.2. The van der Waals surface area contributed by atoms with E-state index in [1.165, 1.54) is 132 Å². The van der Waals surface area contributed by atoms with Gasteiger partial charge in [-0.05, 0) is 143 Å². The predicted octanol–water partition coefficient (Wildman–Crippen LogP) is 28.8. The lowest BCUT2D eigenvalue weighted by molar-refractivity contribution is 0.590. The van der Waals surface area contributed by atoms with Gasteiger partial charge in [0.25, 0.3) is 0 Å². The number of hydrogen-bond acceptors (Lipinski definition) is 6. The number of hydrogen-bond donors (Lipinski definition) is 0. The van der Waals surface area contributed by atoms with Gasteiger partial charge in [-0.1, -0.05) is 259 Å². The highest BCUT2D eigenvalue weighted by molar-refractivity contribution is 7.29. The zero-order chi connectivity index (χ0) is 77.0. The van der Waals surface area contributed by atoms with E-state index in [1.54, 1.807) is 0 Å². The third kappa shape index (κ3) is 13.6. The van der Waals surface area contributed by atoms with Gasteiger partial charge in [-0.3, -0.25) is 9.13 Å². The molecule has 8 heteroatoms.